The van der Waals surface area contributed by atoms with Gasteiger partial charge in [0.05, 0.1) is 11.5 Å². The Labute approximate surface area is 180 Å². The average Bonchev–Trinajstić information content (AvgIpc) is 2.72. The van der Waals surface area contributed by atoms with E-state index in [4.69, 9.17) is 0 Å². The smallest absolute Gasteiger partial charge is 0.130 e. The van der Waals surface area contributed by atoms with E-state index in [-0.39, 0.29) is 17.5 Å². The Hall–Kier alpha value is -2.25. The van der Waals surface area contributed by atoms with Crippen LogP contribution in [0.25, 0.3) is 0 Å². The second kappa shape index (κ2) is 10.7. The Morgan fingerprint density at radius 3 is 2.03 bits per heavy atom. The van der Waals surface area contributed by atoms with E-state index in [2.05, 4.69) is 43.9 Å². The van der Waals surface area contributed by atoms with Crippen molar-refractivity contribution in [1.82, 2.24) is 4.90 Å². The van der Waals surface area contributed by atoms with Crippen molar-refractivity contribution in [1.29, 1.82) is 5.26 Å². The minimum atomic E-state index is -1.20. The zero-order valence-corrected chi connectivity index (χ0v) is 18.8. The lowest BCUT2D eigenvalue weighted by Gasteiger charge is -2.38. The van der Waals surface area contributed by atoms with Crippen LogP contribution in [0.1, 0.15) is 65.0 Å². The maximum Gasteiger partial charge on any atom is 0.130 e. The molecule has 2 aromatic carbocycles. The fourth-order valence-corrected chi connectivity index (χ4v) is 4.39. The van der Waals surface area contributed by atoms with Gasteiger partial charge in [0.25, 0.3) is 0 Å². The molecular formula is C26H34F2N2. The first-order valence-corrected chi connectivity index (χ1v) is 10.9. The summed E-state index contributed by atoms with van der Waals surface area (Å²) in [5.74, 6) is -1.49. The van der Waals surface area contributed by atoms with Crippen LogP contribution >= 0.6 is 0 Å². The Kier molecular flexibility index (Phi) is 8.55. The molecule has 2 atom stereocenters. The molecule has 0 fully saturated rings. The summed E-state index contributed by atoms with van der Waals surface area (Å²) in [5.41, 5.74) is -0.0465. The normalized spacial score (nSPS) is 14.7. The average molecular weight is 413 g/mol. The Bertz CT molecular complexity index is 822. The molecule has 2 unspecified atom stereocenters. The largest absolute Gasteiger partial charge is 0.294 e. The second-order valence-electron chi connectivity index (χ2n) is 8.69. The van der Waals surface area contributed by atoms with E-state index in [1.54, 1.807) is 0 Å². The number of benzene rings is 2. The van der Waals surface area contributed by atoms with Crippen molar-refractivity contribution in [2.45, 2.75) is 77.9 Å². The van der Waals surface area contributed by atoms with Crippen molar-refractivity contribution in [2.75, 3.05) is 0 Å². The molecule has 0 saturated heterocycles. The van der Waals surface area contributed by atoms with Crippen molar-refractivity contribution >= 4 is 0 Å². The molecule has 162 valence electrons. The number of nitrogens with zero attached hydrogens (tertiary/aromatic N) is 2. The van der Waals surface area contributed by atoms with Gasteiger partial charge in [0, 0.05) is 24.2 Å². The van der Waals surface area contributed by atoms with Gasteiger partial charge in [-0.3, -0.25) is 4.90 Å². The van der Waals surface area contributed by atoms with E-state index in [1.807, 2.05) is 32.0 Å². The molecule has 0 aromatic heterocycles. The lowest BCUT2D eigenvalue weighted by atomic mass is 9.68. The first kappa shape index (κ1) is 24.0. The first-order chi connectivity index (χ1) is 14.3. The summed E-state index contributed by atoms with van der Waals surface area (Å²) in [7, 11) is 0. The van der Waals surface area contributed by atoms with Crippen molar-refractivity contribution < 1.29 is 8.78 Å². The summed E-state index contributed by atoms with van der Waals surface area (Å²) in [6.45, 7) is 11.0. The number of hydrogen-bond donors (Lipinski definition) is 0. The second-order valence-corrected chi connectivity index (χ2v) is 8.69. The maximum absolute atomic E-state index is 14.7. The molecule has 0 amide bonds. The van der Waals surface area contributed by atoms with Crippen LogP contribution in [0, 0.1) is 28.9 Å². The molecule has 4 heteroatoms. The SMILES string of the molecule is CCC(CCC(C#N)(c1c(F)cccc1F)C(C)C)N(Cc1ccccc1)C(C)C. The third-order valence-corrected chi connectivity index (χ3v) is 6.28. The Morgan fingerprint density at radius 2 is 1.57 bits per heavy atom. The maximum atomic E-state index is 14.7. The molecule has 2 rings (SSSR count). The molecule has 0 aliphatic rings. The van der Waals surface area contributed by atoms with E-state index < -0.39 is 17.0 Å². The Balaban J connectivity index is 2.33. The highest BCUT2D eigenvalue weighted by atomic mass is 19.1. The monoisotopic (exact) mass is 412 g/mol. The van der Waals surface area contributed by atoms with E-state index in [9.17, 15) is 14.0 Å². The van der Waals surface area contributed by atoms with Crippen molar-refractivity contribution in [3.8, 4) is 6.07 Å². The number of rotatable bonds is 10. The predicted octanol–water partition coefficient (Wildman–Crippen LogP) is 6.85. The molecule has 0 aliphatic heterocycles. The van der Waals surface area contributed by atoms with Gasteiger partial charge in [0.2, 0.25) is 0 Å². The molecule has 0 bridgehead atoms. The minimum Gasteiger partial charge on any atom is -0.294 e. The van der Waals surface area contributed by atoms with E-state index in [1.165, 1.54) is 23.8 Å². The van der Waals surface area contributed by atoms with Crippen LogP contribution in [0.2, 0.25) is 0 Å². The zero-order valence-electron chi connectivity index (χ0n) is 18.8. The molecule has 0 N–H and O–H groups in total. The van der Waals surface area contributed by atoms with Crippen LogP contribution in [0.5, 0.6) is 0 Å². The van der Waals surface area contributed by atoms with Crippen LogP contribution in [0.15, 0.2) is 48.5 Å². The van der Waals surface area contributed by atoms with E-state index in [0.717, 1.165) is 13.0 Å². The zero-order chi connectivity index (χ0) is 22.3. The van der Waals surface area contributed by atoms with Gasteiger partial charge in [-0.05, 0) is 56.7 Å². The molecule has 0 spiro atoms. The van der Waals surface area contributed by atoms with Gasteiger partial charge < -0.3 is 0 Å². The summed E-state index contributed by atoms with van der Waals surface area (Å²) in [5, 5.41) is 10.1. The summed E-state index contributed by atoms with van der Waals surface area (Å²) >= 11 is 0. The molecular weight excluding hydrogens is 378 g/mol. The van der Waals surface area contributed by atoms with Crippen molar-refractivity contribution in [3.05, 3.63) is 71.3 Å². The van der Waals surface area contributed by atoms with Crippen LogP contribution in [0.4, 0.5) is 8.78 Å². The van der Waals surface area contributed by atoms with Gasteiger partial charge in [-0.25, -0.2) is 8.78 Å². The molecule has 30 heavy (non-hydrogen) atoms. The van der Waals surface area contributed by atoms with Crippen molar-refractivity contribution in [2.24, 2.45) is 5.92 Å². The summed E-state index contributed by atoms with van der Waals surface area (Å²) < 4.78 is 29.3. The molecule has 0 heterocycles. The topological polar surface area (TPSA) is 27.0 Å². The van der Waals surface area contributed by atoms with Crippen LogP contribution in [-0.2, 0) is 12.0 Å². The molecule has 0 radical (unpaired) electrons. The Morgan fingerprint density at radius 1 is 0.967 bits per heavy atom. The van der Waals surface area contributed by atoms with Gasteiger partial charge in [-0.1, -0.05) is 57.2 Å². The van der Waals surface area contributed by atoms with E-state index in [0.29, 0.717) is 18.9 Å². The van der Waals surface area contributed by atoms with Gasteiger partial charge in [0.15, 0.2) is 0 Å². The van der Waals surface area contributed by atoms with Gasteiger partial charge >= 0.3 is 0 Å². The highest BCUT2D eigenvalue weighted by Crippen LogP contribution is 2.40. The summed E-state index contributed by atoms with van der Waals surface area (Å²) in [6, 6.07) is 17.0. The molecule has 2 nitrogen and oxygen atoms in total. The van der Waals surface area contributed by atoms with Crippen LogP contribution in [-0.4, -0.2) is 17.0 Å². The summed E-state index contributed by atoms with van der Waals surface area (Å²) in [4.78, 5) is 2.43. The fourth-order valence-electron chi connectivity index (χ4n) is 4.39. The lowest BCUT2D eigenvalue weighted by Crippen LogP contribution is -2.42. The van der Waals surface area contributed by atoms with Gasteiger partial charge in [-0.15, -0.1) is 0 Å². The van der Waals surface area contributed by atoms with E-state index >= 15 is 0 Å². The molecule has 0 aliphatic carbocycles. The highest BCUT2D eigenvalue weighted by Gasteiger charge is 2.41. The third-order valence-electron chi connectivity index (χ3n) is 6.28. The highest BCUT2D eigenvalue weighted by molar-refractivity contribution is 5.36. The third kappa shape index (κ3) is 5.26. The number of nitriles is 1. The number of hydrogen-bond acceptors (Lipinski definition) is 2. The predicted molar refractivity (Wildman–Crippen MR) is 119 cm³/mol. The van der Waals surface area contributed by atoms with Gasteiger partial charge in [0.1, 0.15) is 11.6 Å². The van der Waals surface area contributed by atoms with Crippen molar-refractivity contribution in [3.63, 3.8) is 0 Å². The van der Waals surface area contributed by atoms with Gasteiger partial charge in [-0.2, -0.15) is 5.26 Å². The quantitative estimate of drug-likeness (QED) is 0.426. The molecule has 0 saturated carbocycles. The lowest BCUT2D eigenvalue weighted by molar-refractivity contribution is 0.122. The standard InChI is InChI=1S/C26H34F2N2/c1-6-22(30(20(4)5)17-21-11-8-7-9-12-21)15-16-26(18-29,19(2)3)25-23(27)13-10-14-24(25)28/h7-14,19-20,22H,6,15-17H2,1-5H3. The minimum absolute atomic E-state index is 0.0866. The number of halogens is 2. The van der Waals surface area contributed by atoms with Crippen LogP contribution < -0.4 is 0 Å². The summed E-state index contributed by atoms with van der Waals surface area (Å²) in [6.07, 6.45) is 2.01. The van der Waals surface area contributed by atoms with Crippen LogP contribution in [0.3, 0.4) is 0 Å². The molecule has 2 aromatic rings. The first-order valence-electron chi connectivity index (χ1n) is 10.9. The fraction of sp³-hybridized carbons (Fsp3) is 0.500.